The Morgan fingerprint density at radius 1 is 0.791 bits per heavy atom. The molecule has 0 bridgehead atoms. The lowest BCUT2D eigenvalue weighted by Gasteiger charge is -2.34. The van der Waals surface area contributed by atoms with E-state index in [0.717, 1.165) is 68.3 Å². The van der Waals surface area contributed by atoms with Crippen LogP contribution in [0.15, 0.2) is 65.2 Å². The molecule has 1 unspecified atom stereocenters. The van der Waals surface area contributed by atoms with Gasteiger partial charge in [-0.05, 0) is 88.4 Å². The first-order valence-corrected chi connectivity index (χ1v) is 35.8. The number of hydrogen-bond acceptors (Lipinski definition) is 23. The van der Waals surface area contributed by atoms with Crippen molar-refractivity contribution in [2.75, 3.05) is 172 Å². The van der Waals surface area contributed by atoms with Crippen molar-refractivity contribution in [2.45, 2.75) is 65.0 Å². The zero-order valence-electron chi connectivity index (χ0n) is 54.4. The number of unbranched alkanes of at least 4 members (excludes halogenated alkanes) is 1. The number of nitrogens with zero attached hydrogens (tertiary/aromatic N) is 12. The van der Waals surface area contributed by atoms with Crippen molar-refractivity contribution in [3.05, 3.63) is 77.2 Å². The van der Waals surface area contributed by atoms with Gasteiger partial charge >= 0.3 is 13.6 Å². The summed E-state index contributed by atoms with van der Waals surface area (Å²) in [5.41, 5.74) is 15.1. The minimum Gasteiger partial charge on any atom is -0.481 e. The molecule has 37 heteroatoms. The van der Waals surface area contributed by atoms with Crippen LogP contribution in [0.25, 0.3) is 0 Å². The fraction of sp³-hybridized carbons (Fsp3) is 0.611. The molecule has 3 heterocycles. The highest BCUT2D eigenvalue weighted by atomic mass is 35.5. The standard InChI is InChI=1S/C14H19Cl2NO2.C12H19N3O.C9H18N6.C7H15Cl2N2O2P.C6H10N6O.C6H14O6S2/c15-8-10-17(11-9-16)13-6-4-12(5-7-13)2-1-3-14(18)19;1-9(2)15-12(16)11-6-4-10(5-7-11)8-14-13-3;1-13(2)7-10-8(14(3)4)12-9(11-7)15(5)6;8-2-4-10-14(12)11(6-3-9)5-1-7-13-14;1-12(2)11-10-6-4(5(7)13)8-3-9-6;1-13(7,8)11-5-3-4-6-12-14(2,9)10/h4-7H,1-3,8-11H2,(H,18,19);4-7,9,13-14H,8H2,1-3H3,(H,15,16);1-6H3;1-7H2,(H,10,12);3H,1-2H3,(H2,7,13)(H,8,9);3-6H2,1-2H3. The maximum atomic E-state index is 12.2. The van der Waals surface area contributed by atoms with Crippen molar-refractivity contribution >= 4 is 121 Å². The second-order valence-electron chi connectivity index (χ2n) is 20.3. The summed E-state index contributed by atoms with van der Waals surface area (Å²) in [4.78, 5) is 59.9. The highest BCUT2D eigenvalue weighted by Crippen LogP contribution is 2.48. The number of benzene rings is 2. The average Bonchev–Trinajstić information content (AvgIpc) is 3.18. The maximum Gasteiger partial charge on any atom is 0.343 e. The fourth-order valence-electron chi connectivity index (χ4n) is 6.76. The molecule has 8 N–H and O–H groups in total. The quantitative estimate of drug-likeness (QED) is 0.00717. The number of alkyl halides is 4. The third kappa shape index (κ3) is 41.1. The fourth-order valence-corrected chi connectivity index (χ4v) is 10.6. The van der Waals surface area contributed by atoms with Crippen LogP contribution in [0, 0.1) is 0 Å². The van der Waals surface area contributed by atoms with Gasteiger partial charge in [0, 0.05) is 143 Å². The third-order valence-electron chi connectivity index (χ3n) is 11.0. The van der Waals surface area contributed by atoms with Gasteiger partial charge in [0.1, 0.15) is 0 Å². The first kappa shape index (κ1) is 85.7. The van der Waals surface area contributed by atoms with Crippen molar-refractivity contribution in [1.29, 1.82) is 0 Å². The second-order valence-corrected chi connectivity index (χ2v) is 27.3. The maximum absolute atomic E-state index is 12.2. The van der Waals surface area contributed by atoms with Gasteiger partial charge in [0.25, 0.3) is 32.1 Å². The van der Waals surface area contributed by atoms with Crippen molar-refractivity contribution in [3.8, 4) is 0 Å². The van der Waals surface area contributed by atoms with E-state index in [9.17, 15) is 35.8 Å². The Hall–Kier alpha value is -5.32. The number of hydrazine groups is 1. The van der Waals surface area contributed by atoms with Crippen molar-refractivity contribution in [3.63, 3.8) is 0 Å². The Balaban J connectivity index is 0.00000107. The predicted octanol–water partition coefficient (Wildman–Crippen LogP) is 6.17. The number of carbonyl (C=O) groups is 3. The van der Waals surface area contributed by atoms with Crippen LogP contribution in [0.5, 0.6) is 0 Å². The van der Waals surface area contributed by atoms with Gasteiger partial charge in [-0.2, -0.15) is 31.8 Å². The first-order valence-electron chi connectivity index (χ1n) is 28.5. The number of imidazole rings is 1. The topological polar surface area (TPSA) is 370 Å². The summed E-state index contributed by atoms with van der Waals surface area (Å²) in [6.45, 7) is 8.63. The minimum atomic E-state index is -3.40. The van der Waals surface area contributed by atoms with E-state index in [4.69, 9.17) is 61.8 Å². The number of rotatable bonds is 32. The van der Waals surface area contributed by atoms with Crippen LogP contribution >= 0.6 is 54.1 Å². The van der Waals surface area contributed by atoms with Gasteiger partial charge in [-0.3, -0.25) is 43.2 Å². The van der Waals surface area contributed by atoms with Crippen LogP contribution in [-0.4, -0.2) is 232 Å². The summed E-state index contributed by atoms with van der Waals surface area (Å²) in [5.74, 6) is 2.82. The summed E-state index contributed by atoms with van der Waals surface area (Å²) in [7, 11) is 7.07. The van der Waals surface area contributed by atoms with Gasteiger partial charge in [-0.15, -0.1) is 51.5 Å². The molecular weight excluding hydrogens is 1330 g/mol. The highest BCUT2D eigenvalue weighted by molar-refractivity contribution is 7.86. The number of nitrogens with two attached hydrogens (primary N) is 1. The summed E-state index contributed by atoms with van der Waals surface area (Å²) in [6.07, 6.45) is 6.68. The molecule has 1 saturated heterocycles. The zero-order chi connectivity index (χ0) is 69.2. The van der Waals surface area contributed by atoms with Crippen LogP contribution in [0.1, 0.15) is 77.9 Å². The number of H-pyrrole nitrogens is 1. The molecule has 1 aliphatic heterocycles. The number of halogens is 4. The van der Waals surface area contributed by atoms with Crippen LogP contribution < -0.4 is 46.6 Å². The summed E-state index contributed by atoms with van der Waals surface area (Å²) in [6, 6.07) is 15.9. The molecule has 0 saturated carbocycles. The van der Waals surface area contributed by atoms with Crippen LogP contribution in [0.4, 0.5) is 29.4 Å². The van der Waals surface area contributed by atoms with Crippen molar-refractivity contribution < 1.29 is 53.8 Å². The lowest BCUT2D eigenvalue weighted by Crippen LogP contribution is -2.36. The number of aryl methyl sites for hydroxylation is 1. The van der Waals surface area contributed by atoms with Crippen LogP contribution in [0.2, 0.25) is 0 Å². The molecular formula is C54H95Cl4N18O12PS2. The number of primary amides is 1. The summed E-state index contributed by atoms with van der Waals surface area (Å²) >= 11 is 22.7. The lowest BCUT2D eigenvalue weighted by molar-refractivity contribution is -0.137. The molecule has 91 heavy (non-hydrogen) atoms. The predicted molar refractivity (Wildman–Crippen MR) is 364 cm³/mol. The van der Waals surface area contributed by atoms with Gasteiger partial charge in [0.05, 0.1) is 38.7 Å². The monoisotopic (exact) mass is 1420 g/mol. The Morgan fingerprint density at radius 2 is 1.31 bits per heavy atom. The number of nitrogens with one attached hydrogen (secondary N) is 5. The second kappa shape index (κ2) is 47.5. The van der Waals surface area contributed by atoms with Crippen molar-refractivity contribution in [2.24, 2.45) is 16.1 Å². The number of hydrogen-bond donors (Lipinski definition) is 7. The Kier molecular flexibility index (Phi) is 44.8. The van der Waals surface area contributed by atoms with E-state index in [2.05, 4.69) is 69.8 Å². The van der Waals surface area contributed by atoms with Gasteiger partial charge in [0.15, 0.2) is 5.69 Å². The number of carboxylic acid groups (broad SMARTS) is 1. The van der Waals surface area contributed by atoms with E-state index in [1.807, 2.05) is 126 Å². The van der Waals surface area contributed by atoms with E-state index in [1.54, 1.807) is 18.8 Å². The number of carbonyl (C=O) groups excluding carboxylic acids is 2. The average molecular weight is 1430 g/mol. The molecule has 1 fully saturated rings. The molecule has 30 nitrogen and oxygen atoms in total. The number of aliphatic carboxylic acids is 1. The minimum absolute atomic E-state index is 0.0249. The van der Waals surface area contributed by atoms with Crippen molar-refractivity contribution in [1.82, 2.24) is 55.9 Å². The SMILES string of the molecule is CN(C)N=Nc1nc[nH]c1C(N)=O.CN(C)c1nc(N(C)C)nc(N(C)C)n1.CNNCc1ccc(C(=O)NC(C)C)cc1.CS(=O)(=O)OCCCCOS(C)(=O)=O.O=C(O)CCCc1ccc(N(CCCl)CCCl)cc1.O=P1(NCCCl)OCCCN1CCCl. The molecule has 0 aliphatic carbocycles. The number of aromatic amines is 1. The Morgan fingerprint density at radius 3 is 1.73 bits per heavy atom. The van der Waals surface area contributed by atoms with Gasteiger partial charge < -0.3 is 45.3 Å². The van der Waals surface area contributed by atoms with E-state index in [0.29, 0.717) is 85.9 Å². The highest BCUT2D eigenvalue weighted by Gasteiger charge is 2.34. The molecule has 0 radical (unpaired) electrons. The molecule has 4 aromatic rings. The van der Waals surface area contributed by atoms with E-state index < -0.39 is 39.8 Å². The van der Waals surface area contributed by atoms with E-state index in [1.165, 1.54) is 11.3 Å². The van der Waals surface area contributed by atoms with Gasteiger partial charge in [-0.25, -0.2) is 14.7 Å². The molecule has 0 spiro atoms. The summed E-state index contributed by atoms with van der Waals surface area (Å²) in [5, 5.41) is 23.2. The number of anilines is 4. The number of carboxylic acids is 1. The van der Waals surface area contributed by atoms with Crippen LogP contribution in [-0.2, 0) is 55.5 Å². The molecule has 2 aromatic heterocycles. The zero-order valence-corrected chi connectivity index (χ0v) is 59.9. The Bertz CT molecular complexity index is 2870. The molecule has 5 rings (SSSR count). The molecule has 518 valence electrons. The van der Waals surface area contributed by atoms with E-state index in [-0.39, 0.29) is 43.1 Å². The third-order valence-corrected chi connectivity index (χ3v) is 15.2. The Labute approximate surface area is 557 Å². The van der Waals surface area contributed by atoms with Gasteiger partial charge in [-0.1, -0.05) is 29.5 Å². The largest absolute Gasteiger partial charge is 0.481 e. The van der Waals surface area contributed by atoms with Crippen LogP contribution in [0.3, 0.4) is 0 Å². The lowest BCUT2D eigenvalue weighted by atomic mass is 10.1. The van der Waals surface area contributed by atoms with E-state index >= 15 is 0 Å². The molecule has 2 aromatic carbocycles. The smallest absolute Gasteiger partial charge is 0.343 e. The normalized spacial score (nSPS) is 13.7. The summed E-state index contributed by atoms with van der Waals surface area (Å²) < 4.78 is 70.0. The number of aromatic nitrogens is 5. The molecule has 2 amide bonds. The van der Waals surface area contributed by atoms with Gasteiger partial charge in [0.2, 0.25) is 23.7 Å². The first-order chi connectivity index (χ1) is 42.8. The molecule has 1 atom stereocenters. The molecule has 1 aliphatic rings. The number of amides is 2.